The molecular formula is C15H29IN4O. The third-order valence-corrected chi connectivity index (χ3v) is 4.68. The SMILES string of the molecule is CN=C(NCC1(C(=O)N(C)C)CCCC1)NC1CCC1.I. The number of hydrogen-bond acceptors (Lipinski definition) is 2. The van der Waals surface area contributed by atoms with Crippen LogP contribution in [-0.2, 0) is 4.79 Å². The molecule has 0 radical (unpaired) electrons. The fraction of sp³-hybridized carbons (Fsp3) is 0.867. The molecule has 6 heteroatoms. The Morgan fingerprint density at radius 3 is 2.29 bits per heavy atom. The van der Waals surface area contributed by atoms with Crippen molar-refractivity contribution < 1.29 is 4.79 Å². The Balaban J connectivity index is 0.00000220. The Hall–Kier alpha value is -0.530. The van der Waals surface area contributed by atoms with Gasteiger partial charge in [0.15, 0.2) is 5.96 Å². The minimum Gasteiger partial charge on any atom is -0.355 e. The van der Waals surface area contributed by atoms with Crippen molar-refractivity contribution in [3.8, 4) is 0 Å². The van der Waals surface area contributed by atoms with E-state index in [1.807, 2.05) is 14.1 Å². The molecule has 2 N–H and O–H groups in total. The molecule has 2 saturated carbocycles. The van der Waals surface area contributed by atoms with Gasteiger partial charge in [0, 0.05) is 33.7 Å². The summed E-state index contributed by atoms with van der Waals surface area (Å²) in [6.45, 7) is 0.691. The minimum atomic E-state index is -0.235. The lowest BCUT2D eigenvalue weighted by molar-refractivity contribution is -0.138. The van der Waals surface area contributed by atoms with E-state index >= 15 is 0 Å². The summed E-state index contributed by atoms with van der Waals surface area (Å²) in [5, 5.41) is 6.80. The van der Waals surface area contributed by atoms with Crippen molar-refractivity contribution in [1.29, 1.82) is 0 Å². The summed E-state index contributed by atoms with van der Waals surface area (Å²) in [6.07, 6.45) is 8.02. The molecule has 2 aliphatic carbocycles. The molecule has 1 amide bonds. The van der Waals surface area contributed by atoms with E-state index in [-0.39, 0.29) is 35.3 Å². The number of nitrogens with one attached hydrogen (secondary N) is 2. The van der Waals surface area contributed by atoms with Crippen molar-refractivity contribution in [3.05, 3.63) is 0 Å². The van der Waals surface area contributed by atoms with Crippen molar-refractivity contribution >= 4 is 35.8 Å². The molecule has 2 rings (SSSR count). The molecule has 0 aromatic carbocycles. The summed E-state index contributed by atoms with van der Waals surface area (Å²) in [5.74, 6) is 1.09. The highest BCUT2D eigenvalue weighted by Gasteiger charge is 2.42. The zero-order valence-corrected chi connectivity index (χ0v) is 15.8. The van der Waals surface area contributed by atoms with E-state index in [1.54, 1.807) is 11.9 Å². The predicted molar refractivity (Wildman–Crippen MR) is 97.1 cm³/mol. The van der Waals surface area contributed by atoms with Crippen LogP contribution >= 0.6 is 24.0 Å². The maximum absolute atomic E-state index is 12.5. The summed E-state index contributed by atoms with van der Waals surface area (Å²) < 4.78 is 0. The second-order valence-corrected chi connectivity index (χ2v) is 6.38. The summed E-state index contributed by atoms with van der Waals surface area (Å²) >= 11 is 0. The van der Waals surface area contributed by atoms with Crippen LogP contribution in [0.25, 0.3) is 0 Å². The molecule has 5 nitrogen and oxygen atoms in total. The van der Waals surface area contributed by atoms with Crippen molar-refractivity contribution in [2.45, 2.75) is 51.0 Å². The van der Waals surface area contributed by atoms with Crippen LogP contribution in [0, 0.1) is 5.41 Å². The molecule has 21 heavy (non-hydrogen) atoms. The number of halogens is 1. The number of rotatable bonds is 4. The van der Waals surface area contributed by atoms with Gasteiger partial charge in [-0.25, -0.2) is 0 Å². The van der Waals surface area contributed by atoms with Crippen LogP contribution in [0.1, 0.15) is 44.9 Å². The highest BCUT2D eigenvalue weighted by atomic mass is 127. The van der Waals surface area contributed by atoms with Gasteiger partial charge < -0.3 is 15.5 Å². The van der Waals surface area contributed by atoms with E-state index in [0.29, 0.717) is 12.6 Å². The fourth-order valence-corrected chi connectivity index (χ4v) is 3.19. The van der Waals surface area contributed by atoms with Gasteiger partial charge in [0.25, 0.3) is 0 Å². The Morgan fingerprint density at radius 1 is 1.24 bits per heavy atom. The second kappa shape index (κ2) is 8.19. The quantitative estimate of drug-likeness (QED) is 0.425. The Kier molecular flexibility index (Phi) is 7.23. The monoisotopic (exact) mass is 408 g/mol. The van der Waals surface area contributed by atoms with Crippen LogP contribution in [-0.4, -0.2) is 50.5 Å². The molecule has 0 aromatic rings. The minimum absolute atomic E-state index is 0. The first-order valence-corrected chi connectivity index (χ1v) is 7.76. The van der Waals surface area contributed by atoms with Crippen LogP contribution in [0.3, 0.4) is 0 Å². The summed E-state index contributed by atoms with van der Waals surface area (Å²) in [4.78, 5) is 18.5. The van der Waals surface area contributed by atoms with E-state index in [4.69, 9.17) is 0 Å². The average molecular weight is 408 g/mol. The number of amides is 1. The number of guanidine groups is 1. The Labute approximate surface area is 145 Å². The van der Waals surface area contributed by atoms with E-state index in [1.165, 1.54) is 19.3 Å². The van der Waals surface area contributed by atoms with Crippen LogP contribution in [0.4, 0.5) is 0 Å². The van der Waals surface area contributed by atoms with Crippen molar-refractivity contribution in [1.82, 2.24) is 15.5 Å². The number of hydrogen-bond donors (Lipinski definition) is 2. The zero-order chi connectivity index (χ0) is 14.6. The van der Waals surface area contributed by atoms with Gasteiger partial charge in [-0.1, -0.05) is 12.8 Å². The number of nitrogens with zero attached hydrogens (tertiary/aromatic N) is 2. The number of carbonyl (C=O) groups excluding carboxylic acids is 1. The summed E-state index contributed by atoms with van der Waals surface area (Å²) in [5.41, 5.74) is -0.235. The van der Waals surface area contributed by atoms with Crippen molar-refractivity contribution in [2.75, 3.05) is 27.7 Å². The number of aliphatic imine (C=N–C) groups is 1. The zero-order valence-electron chi connectivity index (χ0n) is 13.4. The Bertz CT molecular complexity index is 374. The first-order chi connectivity index (χ1) is 9.57. The van der Waals surface area contributed by atoms with Gasteiger partial charge in [-0.15, -0.1) is 24.0 Å². The van der Waals surface area contributed by atoms with Crippen LogP contribution in [0.5, 0.6) is 0 Å². The smallest absolute Gasteiger partial charge is 0.230 e. The third-order valence-electron chi connectivity index (χ3n) is 4.68. The van der Waals surface area contributed by atoms with E-state index in [0.717, 1.165) is 31.6 Å². The van der Waals surface area contributed by atoms with Gasteiger partial charge in [0.2, 0.25) is 5.91 Å². The first-order valence-electron chi connectivity index (χ1n) is 7.76. The largest absolute Gasteiger partial charge is 0.355 e. The average Bonchev–Trinajstić information content (AvgIpc) is 2.86. The van der Waals surface area contributed by atoms with E-state index < -0.39 is 0 Å². The third kappa shape index (κ3) is 4.47. The maximum Gasteiger partial charge on any atom is 0.230 e. The standard InChI is InChI=1S/C15H28N4O.HI/c1-16-14(18-12-7-6-8-12)17-11-15(9-4-5-10-15)13(20)19(2)3;/h12H,4-11H2,1-3H3,(H2,16,17,18);1H. The molecule has 0 saturated heterocycles. The second-order valence-electron chi connectivity index (χ2n) is 6.38. The molecule has 0 bridgehead atoms. The predicted octanol–water partition coefficient (Wildman–Crippen LogP) is 1.97. The Morgan fingerprint density at radius 2 is 1.86 bits per heavy atom. The van der Waals surface area contributed by atoms with Gasteiger partial charge in [0.1, 0.15) is 0 Å². The van der Waals surface area contributed by atoms with Crippen molar-refractivity contribution in [3.63, 3.8) is 0 Å². The van der Waals surface area contributed by atoms with Gasteiger partial charge in [-0.2, -0.15) is 0 Å². The van der Waals surface area contributed by atoms with Crippen molar-refractivity contribution in [2.24, 2.45) is 10.4 Å². The summed E-state index contributed by atoms with van der Waals surface area (Å²) in [6, 6.07) is 0.560. The van der Waals surface area contributed by atoms with E-state index in [2.05, 4.69) is 15.6 Å². The molecule has 2 fully saturated rings. The lowest BCUT2D eigenvalue weighted by Gasteiger charge is -2.33. The normalized spacial score (nSPS) is 21.2. The summed E-state index contributed by atoms with van der Waals surface area (Å²) in [7, 11) is 5.50. The van der Waals surface area contributed by atoms with Gasteiger partial charge in [0.05, 0.1) is 5.41 Å². The van der Waals surface area contributed by atoms with Crippen LogP contribution < -0.4 is 10.6 Å². The van der Waals surface area contributed by atoms with E-state index in [9.17, 15) is 4.79 Å². The fourth-order valence-electron chi connectivity index (χ4n) is 3.19. The molecular weight excluding hydrogens is 379 g/mol. The van der Waals surface area contributed by atoms with Crippen LogP contribution in [0.15, 0.2) is 4.99 Å². The molecule has 0 heterocycles. The molecule has 0 aromatic heterocycles. The molecule has 2 aliphatic rings. The van der Waals surface area contributed by atoms with Gasteiger partial charge in [-0.05, 0) is 32.1 Å². The lowest BCUT2D eigenvalue weighted by atomic mass is 9.84. The molecule has 0 spiro atoms. The molecule has 0 unspecified atom stereocenters. The number of carbonyl (C=O) groups is 1. The maximum atomic E-state index is 12.5. The van der Waals surface area contributed by atoms with Gasteiger partial charge in [-0.3, -0.25) is 9.79 Å². The first kappa shape index (κ1) is 18.5. The highest BCUT2D eigenvalue weighted by Crippen LogP contribution is 2.38. The molecule has 0 aliphatic heterocycles. The topological polar surface area (TPSA) is 56.7 Å². The molecule has 0 atom stereocenters. The lowest BCUT2D eigenvalue weighted by Crippen LogP contribution is -2.51. The molecule has 122 valence electrons. The van der Waals surface area contributed by atoms with Gasteiger partial charge >= 0.3 is 0 Å². The van der Waals surface area contributed by atoms with Crippen LogP contribution in [0.2, 0.25) is 0 Å². The highest BCUT2D eigenvalue weighted by molar-refractivity contribution is 14.0.